The highest BCUT2D eigenvalue weighted by molar-refractivity contribution is 5.92. The molecule has 1 aromatic rings. The van der Waals surface area contributed by atoms with E-state index in [1.165, 1.54) is 0 Å². The van der Waals surface area contributed by atoms with Gasteiger partial charge in [-0.25, -0.2) is 4.79 Å². The molecule has 0 aliphatic rings. The Kier molecular flexibility index (Phi) is 7.46. The van der Waals surface area contributed by atoms with Gasteiger partial charge in [0.2, 0.25) is 0 Å². The molecule has 1 rings (SSSR count). The lowest BCUT2D eigenvalue weighted by molar-refractivity contribution is 0.0526. The zero-order valence-electron chi connectivity index (χ0n) is 12.2. The Morgan fingerprint density at radius 1 is 1.35 bits per heavy atom. The molecule has 0 spiro atoms. The third-order valence-corrected chi connectivity index (χ3v) is 2.92. The van der Waals surface area contributed by atoms with E-state index in [-0.39, 0.29) is 18.5 Å². The SMILES string of the molecule is CCOC(=O)c1ccccc1C#CC(C)CCCCO. The number of hydrogen-bond acceptors (Lipinski definition) is 3. The highest BCUT2D eigenvalue weighted by atomic mass is 16.5. The number of rotatable bonds is 6. The largest absolute Gasteiger partial charge is 0.462 e. The van der Waals surface area contributed by atoms with Gasteiger partial charge in [-0.1, -0.05) is 30.9 Å². The van der Waals surface area contributed by atoms with Crippen molar-refractivity contribution in [2.75, 3.05) is 13.2 Å². The average Bonchev–Trinajstić information content (AvgIpc) is 2.46. The lowest BCUT2D eigenvalue weighted by Gasteiger charge is -2.05. The number of carbonyl (C=O) groups is 1. The summed E-state index contributed by atoms with van der Waals surface area (Å²) in [6, 6.07) is 7.24. The molecule has 1 unspecified atom stereocenters. The van der Waals surface area contributed by atoms with Crippen LogP contribution in [0.15, 0.2) is 24.3 Å². The first-order valence-corrected chi connectivity index (χ1v) is 7.07. The second-order valence-corrected chi connectivity index (χ2v) is 4.66. The molecule has 0 radical (unpaired) electrons. The van der Waals surface area contributed by atoms with Crippen LogP contribution in [0.4, 0.5) is 0 Å². The van der Waals surface area contributed by atoms with Gasteiger partial charge in [-0.05, 0) is 38.3 Å². The molecule has 0 saturated heterocycles. The molecule has 20 heavy (non-hydrogen) atoms. The summed E-state index contributed by atoms with van der Waals surface area (Å²) in [7, 11) is 0. The first-order valence-electron chi connectivity index (χ1n) is 7.07. The third-order valence-electron chi connectivity index (χ3n) is 2.92. The van der Waals surface area contributed by atoms with Crippen LogP contribution in [0, 0.1) is 17.8 Å². The fourth-order valence-corrected chi connectivity index (χ4v) is 1.81. The smallest absolute Gasteiger partial charge is 0.339 e. The second-order valence-electron chi connectivity index (χ2n) is 4.66. The van der Waals surface area contributed by atoms with Gasteiger partial charge in [-0.3, -0.25) is 0 Å². The zero-order chi connectivity index (χ0) is 14.8. The van der Waals surface area contributed by atoms with Crippen molar-refractivity contribution in [3.05, 3.63) is 35.4 Å². The molecular formula is C17H22O3. The Labute approximate surface area is 121 Å². The molecule has 0 aliphatic carbocycles. The zero-order valence-corrected chi connectivity index (χ0v) is 12.2. The quantitative estimate of drug-likeness (QED) is 0.493. The van der Waals surface area contributed by atoms with Crippen LogP contribution >= 0.6 is 0 Å². The molecule has 1 aromatic carbocycles. The van der Waals surface area contributed by atoms with E-state index >= 15 is 0 Å². The van der Waals surface area contributed by atoms with E-state index in [2.05, 4.69) is 18.8 Å². The Balaban J connectivity index is 2.75. The summed E-state index contributed by atoms with van der Waals surface area (Å²) in [5, 5.41) is 8.75. The molecule has 3 heteroatoms. The maximum atomic E-state index is 11.8. The number of esters is 1. The first kappa shape index (κ1) is 16.3. The summed E-state index contributed by atoms with van der Waals surface area (Å²) in [5.74, 6) is 6.14. The maximum absolute atomic E-state index is 11.8. The first-order chi connectivity index (χ1) is 9.69. The molecule has 1 atom stereocenters. The number of benzene rings is 1. The lowest BCUT2D eigenvalue weighted by Crippen LogP contribution is -2.06. The Morgan fingerprint density at radius 3 is 2.80 bits per heavy atom. The van der Waals surface area contributed by atoms with Gasteiger partial charge >= 0.3 is 5.97 Å². The van der Waals surface area contributed by atoms with Crippen molar-refractivity contribution in [2.45, 2.75) is 33.1 Å². The summed E-state index contributed by atoms with van der Waals surface area (Å²) in [4.78, 5) is 11.8. The Morgan fingerprint density at radius 2 is 2.10 bits per heavy atom. The third kappa shape index (κ3) is 5.46. The van der Waals surface area contributed by atoms with E-state index in [4.69, 9.17) is 9.84 Å². The van der Waals surface area contributed by atoms with Crippen LogP contribution in [0.2, 0.25) is 0 Å². The average molecular weight is 274 g/mol. The minimum absolute atomic E-state index is 0.228. The second kappa shape index (κ2) is 9.17. The molecule has 0 amide bonds. The topological polar surface area (TPSA) is 46.5 Å². The molecule has 0 bridgehead atoms. The number of aliphatic hydroxyl groups is 1. The van der Waals surface area contributed by atoms with Gasteiger partial charge in [-0.15, -0.1) is 0 Å². The highest BCUT2D eigenvalue weighted by Gasteiger charge is 2.10. The molecule has 1 N–H and O–H groups in total. The minimum atomic E-state index is -0.328. The standard InChI is InChI=1S/C17H22O3/c1-3-20-17(19)16-10-5-4-9-15(16)12-11-14(2)8-6-7-13-18/h4-5,9-10,14,18H,3,6-8,13H2,1-2H3. The minimum Gasteiger partial charge on any atom is -0.462 e. The summed E-state index contributed by atoms with van der Waals surface area (Å²) in [6.45, 7) is 4.43. The van der Waals surface area contributed by atoms with Gasteiger partial charge in [0.1, 0.15) is 0 Å². The van der Waals surface area contributed by atoms with Gasteiger partial charge in [0.05, 0.1) is 12.2 Å². The number of ether oxygens (including phenoxy) is 1. The predicted octanol–water partition coefficient (Wildman–Crippen LogP) is 3.01. The highest BCUT2D eigenvalue weighted by Crippen LogP contribution is 2.11. The van der Waals surface area contributed by atoms with Crippen LogP contribution in [0.3, 0.4) is 0 Å². The molecule has 0 heterocycles. The van der Waals surface area contributed by atoms with Crippen molar-refractivity contribution in [3.8, 4) is 11.8 Å². The summed E-state index contributed by atoms with van der Waals surface area (Å²) >= 11 is 0. The van der Waals surface area contributed by atoms with Crippen LogP contribution in [0.25, 0.3) is 0 Å². The maximum Gasteiger partial charge on any atom is 0.339 e. The molecule has 3 nitrogen and oxygen atoms in total. The van der Waals surface area contributed by atoms with Crippen LogP contribution in [0.1, 0.15) is 49.0 Å². The molecular weight excluding hydrogens is 252 g/mol. The van der Waals surface area contributed by atoms with E-state index in [1.54, 1.807) is 13.0 Å². The normalized spacial score (nSPS) is 11.3. The van der Waals surface area contributed by atoms with Crippen molar-refractivity contribution in [3.63, 3.8) is 0 Å². The van der Waals surface area contributed by atoms with Crippen molar-refractivity contribution >= 4 is 5.97 Å². The molecule has 0 saturated carbocycles. The van der Waals surface area contributed by atoms with Gasteiger partial charge < -0.3 is 9.84 Å². The fraction of sp³-hybridized carbons (Fsp3) is 0.471. The Hall–Kier alpha value is -1.79. The summed E-state index contributed by atoms with van der Waals surface area (Å²) in [5.41, 5.74) is 1.23. The van der Waals surface area contributed by atoms with Crippen LogP contribution in [0.5, 0.6) is 0 Å². The predicted molar refractivity (Wildman–Crippen MR) is 79.4 cm³/mol. The van der Waals surface area contributed by atoms with E-state index < -0.39 is 0 Å². The molecule has 0 aliphatic heterocycles. The molecule has 0 fully saturated rings. The summed E-state index contributed by atoms with van der Waals surface area (Å²) < 4.78 is 5.02. The number of unbranched alkanes of at least 4 members (excludes halogenated alkanes) is 1. The van der Waals surface area contributed by atoms with Crippen molar-refractivity contribution in [1.82, 2.24) is 0 Å². The van der Waals surface area contributed by atoms with E-state index in [0.717, 1.165) is 19.3 Å². The van der Waals surface area contributed by atoms with E-state index in [0.29, 0.717) is 17.7 Å². The summed E-state index contributed by atoms with van der Waals surface area (Å²) in [6.07, 6.45) is 2.73. The van der Waals surface area contributed by atoms with Crippen molar-refractivity contribution in [2.24, 2.45) is 5.92 Å². The fourth-order valence-electron chi connectivity index (χ4n) is 1.81. The molecule has 108 valence electrons. The van der Waals surface area contributed by atoms with Gasteiger partial charge in [-0.2, -0.15) is 0 Å². The van der Waals surface area contributed by atoms with E-state index in [9.17, 15) is 4.79 Å². The van der Waals surface area contributed by atoms with E-state index in [1.807, 2.05) is 18.2 Å². The molecule has 0 aromatic heterocycles. The van der Waals surface area contributed by atoms with Crippen molar-refractivity contribution < 1.29 is 14.6 Å². The monoisotopic (exact) mass is 274 g/mol. The van der Waals surface area contributed by atoms with Crippen LogP contribution in [-0.4, -0.2) is 24.3 Å². The number of hydrogen-bond donors (Lipinski definition) is 1. The number of carbonyl (C=O) groups excluding carboxylic acids is 1. The van der Waals surface area contributed by atoms with Gasteiger partial charge in [0, 0.05) is 18.1 Å². The lowest BCUT2D eigenvalue weighted by atomic mass is 10.0. The van der Waals surface area contributed by atoms with Gasteiger partial charge in [0.25, 0.3) is 0 Å². The van der Waals surface area contributed by atoms with Crippen LogP contribution < -0.4 is 0 Å². The Bertz CT molecular complexity index is 482. The van der Waals surface area contributed by atoms with Crippen molar-refractivity contribution in [1.29, 1.82) is 0 Å². The van der Waals surface area contributed by atoms with Crippen LogP contribution in [-0.2, 0) is 4.74 Å². The van der Waals surface area contributed by atoms with Gasteiger partial charge in [0.15, 0.2) is 0 Å². The number of aliphatic hydroxyl groups excluding tert-OH is 1.